The van der Waals surface area contributed by atoms with Gasteiger partial charge in [-0.05, 0) is 54.5 Å². The van der Waals surface area contributed by atoms with Crippen LogP contribution < -0.4 is 0 Å². The molecule has 1 unspecified atom stereocenters. The minimum Gasteiger partial charge on any atom is -0.456 e. The summed E-state index contributed by atoms with van der Waals surface area (Å²) < 4.78 is 5.98. The van der Waals surface area contributed by atoms with E-state index in [0.29, 0.717) is 4.88 Å². The van der Waals surface area contributed by atoms with Crippen molar-refractivity contribution in [3.05, 3.63) is 20.8 Å². The molecule has 1 aliphatic heterocycles. The first-order valence-electron chi connectivity index (χ1n) is 5.73. The van der Waals surface area contributed by atoms with Crippen LogP contribution in [-0.4, -0.2) is 42.9 Å². The van der Waals surface area contributed by atoms with E-state index in [1.807, 2.05) is 18.0 Å². The molecule has 0 saturated carbocycles. The lowest BCUT2D eigenvalue weighted by Gasteiger charge is -2.17. The van der Waals surface area contributed by atoms with Crippen molar-refractivity contribution in [2.75, 3.05) is 20.2 Å². The van der Waals surface area contributed by atoms with Crippen molar-refractivity contribution in [2.45, 2.75) is 18.9 Å². The first-order chi connectivity index (χ1) is 8.58. The van der Waals surface area contributed by atoms with Crippen LogP contribution in [0.3, 0.4) is 0 Å². The predicted octanol–water partition coefficient (Wildman–Crippen LogP) is 2.33. The van der Waals surface area contributed by atoms with E-state index in [1.165, 1.54) is 11.3 Å². The van der Waals surface area contributed by atoms with Crippen LogP contribution >= 0.6 is 27.3 Å². The third-order valence-electron chi connectivity index (χ3n) is 2.99. The Labute approximate surface area is 118 Å². The number of carbonyl (C=O) groups excluding carboxylic acids is 2. The maximum absolute atomic E-state index is 11.8. The average Bonchev–Trinajstić information content (AvgIpc) is 2.94. The highest BCUT2D eigenvalue weighted by Gasteiger charge is 2.29. The van der Waals surface area contributed by atoms with Gasteiger partial charge in [-0.3, -0.25) is 14.5 Å². The number of carbonyl (C=O) groups is 2. The van der Waals surface area contributed by atoms with Crippen LogP contribution in [0.25, 0.3) is 0 Å². The topological polar surface area (TPSA) is 46.6 Å². The molecule has 0 aromatic carbocycles. The Morgan fingerprint density at radius 3 is 2.89 bits per heavy atom. The number of rotatable bonds is 4. The first kappa shape index (κ1) is 13.7. The molecule has 1 fully saturated rings. The summed E-state index contributed by atoms with van der Waals surface area (Å²) in [5, 5.41) is 0. The van der Waals surface area contributed by atoms with Crippen molar-refractivity contribution in [1.29, 1.82) is 0 Å². The molecular formula is C12H14BrNO3S. The second kappa shape index (κ2) is 5.95. The van der Waals surface area contributed by atoms with E-state index in [1.54, 1.807) is 6.07 Å². The quantitative estimate of drug-likeness (QED) is 0.627. The van der Waals surface area contributed by atoms with Gasteiger partial charge in [0.05, 0.1) is 8.66 Å². The monoisotopic (exact) mass is 331 g/mol. The Morgan fingerprint density at radius 1 is 1.56 bits per heavy atom. The fourth-order valence-electron chi connectivity index (χ4n) is 1.98. The van der Waals surface area contributed by atoms with Gasteiger partial charge in [0, 0.05) is 0 Å². The van der Waals surface area contributed by atoms with Crippen LogP contribution in [0, 0.1) is 0 Å². The van der Waals surface area contributed by atoms with Gasteiger partial charge in [-0.1, -0.05) is 0 Å². The minimum absolute atomic E-state index is 0.153. The average molecular weight is 332 g/mol. The fraction of sp³-hybridized carbons (Fsp3) is 0.500. The lowest BCUT2D eigenvalue weighted by Crippen LogP contribution is -2.35. The highest BCUT2D eigenvalue weighted by atomic mass is 79.9. The molecule has 0 aliphatic carbocycles. The number of halogens is 1. The lowest BCUT2D eigenvalue weighted by molar-refractivity contribution is -0.147. The molecular weight excluding hydrogens is 318 g/mol. The SMILES string of the molecule is CN1CCCC1C(=O)OCC(=O)c1ccc(Br)s1. The third-order valence-corrected chi connectivity index (χ3v) is 4.65. The van der Waals surface area contributed by atoms with E-state index < -0.39 is 0 Å². The molecule has 0 radical (unpaired) electrons. The van der Waals surface area contributed by atoms with Gasteiger partial charge in [0.1, 0.15) is 6.04 Å². The van der Waals surface area contributed by atoms with Crippen LogP contribution in [0.15, 0.2) is 15.9 Å². The number of nitrogens with zero attached hydrogens (tertiary/aromatic N) is 1. The number of likely N-dealkylation sites (N-methyl/N-ethyl adjacent to an activating group) is 1. The van der Waals surface area contributed by atoms with Gasteiger partial charge < -0.3 is 4.74 Å². The zero-order valence-electron chi connectivity index (χ0n) is 10.0. The summed E-state index contributed by atoms with van der Waals surface area (Å²) >= 11 is 4.64. The van der Waals surface area contributed by atoms with Crippen LogP contribution in [0.4, 0.5) is 0 Å². The summed E-state index contributed by atoms with van der Waals surface area (Å²) in [6, 6.07) is 3.35. The van der Waals surface area contributed by atoms with E-state index in [9.17, 15) is 9.59 Å². The number of hydrogen-bond donors (Lipinski definition) is 0. The normalized spacial score (nSPS) is 20.0. The molecule has 2 heterocycles. The molecule has 0 bridgehead atoms. The number of ketones is 1. The second-order valence-corrected chi connectivity index (χ2v) is 6.74. The molecule has 2 rings (SSSR count). The van der Waals surface area contributed by atoms with E-state index in [0.717, 1.165) is 23.2 Å². The Bertz CT molecular complexity index is 460. The number of thiophene rings is 1. The number of hydrogen-bond acceptors (Lipinski definition) is 5. The Balaban J connectivity index is 1.84. The van der Waals surface area contributed by atoms with E-state index in [4.69, 9.17) is 4.74 Å². The van der Waals surface area contributed by atoms with Gasteiger partial charge in [0.15, 0.2) is 6.61 Å². The summed E-state index contributed by atoms with van der Waals surface area (Å²) in [7, 11) is 1.90. The standard InChI is InChI=1S/C12H14BrNO3S/c1-14-6-2-3-8(14)12(16)17-7-9(15)10-4-5-11(13)18-10/h4-5,8H,2-3,6-7H2,1H3. The van der Waals surface area contributed by atoms with Crippen LogP contribution in [0.2, 0.25) is 0 Å². The number of ether oxygens (including phenoxy) is 1. The summed E-state index contributed by atoms with van der Waals surface area (Å²) in [5.74, 6) is -0.446. The van der Waals surface area contributed by atoms with E-state index >= 15 is 0 Å². The molecule has 0 N–H and O–H groups in total. The lowest BCUT2D eigenvalue weighted by atomic mass is 10.2. The molecule has 1 aliphatic rings. The Kier molecular flexibility index (Phi) is 4.53. The molecule has 0 amide bonds. The molecule has 98 valence electrons. The minimum atomic E-state index is -0.293. The number of likely N-dealkylation sites (tertiary alicyclic amines) is 1. The Morgan fingerprint density at radius 2 is 2.33 bits per heavy atom. The highest BCUT2D eigenvalue weighted by Crippen LogP contribution is 2.22. The van der Waals surface area contributed by atoms with E-state index in [2.05, 4.69) is 15.9 Å². The molecule has 1 atom stereocenters. The smallest absolute Gasteiger partial charge is 0.323 e. The molecule has 18 heavy (non-hydrogen) atoms. The van der Waals surface area contributed by atoms with Gasteiger partial charge in [-0.15, -0.1) is 11.3 Å². The third kappa shape index (κ3) is 3.18. The number of esters is 1. The highest BCUT2D eigenvalue weighted by molar-refractivity contribution is 9.11. The van der Waals surface area contributed by atoms with Crippen LogP contribution in [0.5, 0.6) is 0 Å². The van der Waals surface area contributed by atoms with Crippen molar-refractivity contribution in [3.63, 3.8) is 0 Å². The molecule has 0 spiro atoms. The van der Waals surface area contributed by atoms with Crippen LogP contribution in [0.1, 0.15) is 22.5 Å². The maximum atomic E-state index is 11.8. The Hall–Kier alpha value is -0.720. The van der Waals surface area contributed by atoms with Crippen molar-refractivity contribution < 1.29 is 14.3 Å². The van der Waals surface area contributed by atoms with E-state index in [-0.39, 0.29) is 24.4 Å². The van der Waals surface area contributed by atoms with Crippen molar-refractivity contribution in [3.8, 4) is 0 Å². The van der Waals surface area contributed by atoms with Gasteiger partial charge in [0.25, 0.3) is 0 Å². The largest absolute Gasteiger partial charge is 0.456 e. The molecule has 1 saturated heterocycles. The molecule has 4 nitrogen and oxygen atoms in total. The van der Waals surface area contributed by atoms with Crippen LogP contribution in [-0.2, 0) is 9.53 Å². The van der Waals surface area contributed by atoms with Crippen molar-refractivity contribution >= 4 is 39.0 Å². The summed E-state index contributed by atoms with van der Waals surface area (Å²) in [5.41, 5.74) is 0. The number of Topliss-reactive ketones (excluding diaryl/α,β-unsaturated/α-hetero) is 1. The van der Waals surface area contributed by atoms with Gasteiger partial charge in [0.2, 0.25) is 5.78 Å². The van der Waals surface area contributed by atoms with Crippen molar-refractivity contribution in [1.82, 2.24) is 4.90 Å². The molecule has 1 aromatic rings. The fourth-order valence-corrected chi connectivity index (χ4v) is 3.29. The molecule has 1 aromatic heterocycles. The maximum Gasteiger partial charge on any atom is 0.323 e. The first-order valence-corrected chi connectivity index (χ1v) is 7.34. The van der Waals surface area contributed by atoms with Gasteiger partial charge in [-0.25, -0.2) is 0 Å². The van der Waals surface area contributed by atoms with Gasteiger partial charge in [-0.2, -0.15) is 0 Å². The summed E-state index contributed by atoms with van der Waals surface area (Å²) in [6.07, 6.45) is 1.82. The summed E-state index contributed by atoms with van der Waals surface area (Å²) in [4.78, 5) is 26.1. The van der Waals surface area contributed by atoms with Gasteiger partial charge >= 0.3 is 5.97 Å². The van der Waals surface area contributed by atoms with Crippen molar-refractivity contribution in [2.24, 2.45) is 0 Å². The second-order valence-electron chi connectivity index (χ2n) is 4.27. The summed E-state index contributed by atoms with van der Waals surface area (Å²) in [6.45, 7) is 0.738. The zero-order valence-corrected chi connectivity index (χ0v) is 12.4. The molecule has 6 heteroatoms. The zero-order chi connectivity index (χ0) is 13.1. The predicted molar refractivity (Wildman–Crippen MR) is 73.0 cm³/mol.